The second-order valence-corrected chi connectivity index (χ2v) is 10.6. The van der Waals surface area contributed by atoms with Crippen molar-refractivity contribution in [1.29, 1.82) is 0 Å². The summed E-state index contributed by atoms with van der Waals surface area (Å²) >= 11 is 1.50. The number of hydrogen-bond acceptors (Lipinski definition) is 5. The highest BCUT2D eigenvalue weighted by molar-refractivity contribution is 7.15. The average Bonchev–Trinajstić information content (AvgIpc) is 3.19. The molecule has 2 amide bonds. The lowest BCUT2D eigenvalue weighted by molar-refractivity contribution is -0.116. The predicted octanol–water partition coefficient (Wildman–Crippen LogP) is 4.43. The molecular formula is C23H26F2N4O2S. The molecular weight excluding hydrogens is 434 g/mol. The Morgan fingerprint density at radius 2 is 1.75 bits per heavy atom. The van der Waals surface area contributed by atoms with Gasteiger partial charge < -0.3 is 10.6 Å². The average molecular weight is 461 g/mol. The second kappa shape index (κ2) is 8.50. The lowest BCUT2D eigenvalue weighted by Gasteiger charge is -2.55. The van der Waals surface area contributed by atoms with Gasteiger partial charge in [0.1, 0.15) is 16.6 Å². The molecule has 170 valence electrons. The fraction of sp³-hybridized carbons (Fsp3) is 0.565. The van der Waals surface area contributed by atoms with Crippen LogP contribution in [0.5, 0.6) is 0 Å². The SMILES string of the molecule is O=C(CCCNC(=O)c1ccc(F)cc1F)Nc1nnc(C23CC4CC(CC(C4)C2)C3)s1. The molecule has 2 N–H and O–H groups in total. The normalized spacial score (nSPS) is 28.0. The van der Waals surface area contributed by atoms with E-state index in [1.54, 1.807) is 0 Å². The van der Waals surface area contributed by atoms with Crippen LogP contribution in [0.2, 0.25) is 0 Å². The summed E-state index contributed by atoms with van der Waals surface area (Å²) in [4.78, 5) is 24.3. The Morgan fingerprint density at radius 3 is 2.41 bits per heavy atom. The van der Waals surface area contributed by atoms with Gasteiger partial charge in [0.05, 0.1) is 5.56 Å². The number of anilines is 1. The van der Waals surface area contributed by atoms with E-state index in [0.29, 0.717) is 17.6 Å². The van der Waals surface area contributed by atoms with Gasteiger partial charge in [-0.3, -0.25) is 9.59 Å². The predicted molar refractivity (Wildman–Crippen MR) is 116 cm³/mol. The van der Waals surface area contributed by atoms with E-state index < -0.39 is 17.5 Å². The molecule has 4 aliphatic rings. The van der Waals surface area contributed by atoms with Crippen molar-refractivity contribution < 1.29 is 18.4 Å². The molecule has 4 aliphatic carbocycles. The fourth-order valence-corrected chi connectivity index (χ4v) is 7.24. The number of benzene rings is 1. The molecule has 2 aromatic rings. The number of halogens is 2. The van der Waals surface area contributed by atoms with Gasteiger partial charge in [0.25, 0.3) is 5.91 Å². The van der Waals surface area contributed by atoms with Crippen LogP contribution in [-0.4, -0.2) is 28.6 Å². The largest absolute Gasteiger partial charge is 0.352 e. The molecule has 6 rings (SSSR count). The van der Waals surface area contributed by atoms with Crippen molar-refractivity contribution in [2.75, 3.05) is 11.9 Å². The van der Waals surface area contributed by atoms with Crippen molar-refractivity contribution in [2.24, 2.45) is 17.8 Å². The Morgan fingerprint density at radius 1 is 1.06 bits per heavy atom. The lowest BCUT2D eigenvalue weighted by atomic mass is 9.50. The maximum absolute atomic E-state index is 13.6. The van der Waals surface area contributed by atoms with E-state index in [9.17, 15) is 18.4 Å². The van der Waals surface area contributed by atoms with E-state index in [1.807, 2.05) is 0 Å². The summed E-state index contributed by atoms with van der Waals surface area (Å²) in [6.07, 6.45) is 8.30. The summed E-state index contributed by atoms with van der Waals surface area (Å²) in [5.41, 5.74) is -0.0584. The number of aromatic nitrogens is 2. The highest BCUT2D eigenvalue weighted by Gasteiger charge is 2.53. The first kappa shape index (κ1) is 21.4. The molecule has 9 heteroatoms. The van der Waals surface area contributed by atoms with Crippen molar-refractivity contribution >= 4 is 28.3 Å². The van der Waals surface area contributed by atoms with Gasteiger partial charge in [-0.15, -0.1) is 10.2 Å². The smallest absolute Gasteiger partial charge is 0.254 e. The minimum Gasteiger partial charge on any atom is -0.352 e. The summed E-state index contributed by atoms with van der Waals surface area (Å²) in [5.74, 6) is -0.0110. The molecule has 4 saturated carbocycles. The van der Waals surface area contributed by atoms with Crippen LogP contribution in [0.4, 0.5) is 13.9 Å². The van der Waals surface area contributed by atoms with Crippen LogP contribution in [0.15, 0.2) is 18.2 Å². The molecule has 0 spiro atoms. The number of hydrogen-bond donors (Lipinski definition) is 2. The van der Waals surface area contributed by atoms with Crippen molar-refractivity contribution in [3.63, 3.8) is 0 Å². The van der Waals surface area contributed by atoms with Gasteiger partial charge in [0.15, 0.2) is 0 Å². The molecule has 0 saturated heterocycles. The third-order valence-corrected chi connectivity index (χ3v) is 8.29. The minimum atomic E-state index is -0.911. The maximum Gasteiger partial charge on any atom is 0.254 e. The monoisotopic (exact) mass is 460 g/mol. The van der Waals surface area contributed by atoms with Gasteiger partial charge in [0.2, 0.25) is 11.0 Å². The zero-order chi connectivity index (χ0) is 22.3. The van der Waals surface area contributed by atoms with Crippen LogP contribution in [0.25, 0.3) is 0 Å². The summed E-state index contributed by atoms with van der Waals surface area (Å²) in [7, 11) is 0. The molecule has 4 fully saturated rings. The number of rotatable bonds is 7. The van der Waals surface area contributed by atoms with Crippen LogP contribution in [0.3, 0.4) is 0 Å². The van der Waals surface area contributed by atoms with Gasteiger partial charge in [-0.2, -0.15) is 0 Å². The second-order valence-electron chi connectivity index (χ2n) is 9.64. The summed E-state index contributed by atoms with van der Waals surface area (Å²) in [6, 6.07) is 2.80. The third kappa shape index (κ3) is 4.27. The molecule has 0 radical (unpaired) electrons. The van der Waals surface area contributed by atoms with Crippen LogP contribution in [-0.2, 0) is 10.2 Å². The number of amides is 2. The van der Waals surface area contributed by atoms with Crippen LogP contribution >= 0.6 is 11.3 Å². The molecule has 4 bridgehead atoms. The van der Waals surface area contributed by atoms with E-state index in [4.69, 9.17) is 0 Å². The molecule has 1 heterocycles. The van der Waals surface area contributed by atoms with E-state index >= 15 is 0 Å². The molecule has 6 nitrogen and oxygen atoms in total. The standard InChI is InChI=1S/C23H26F2N4O2S/c24-16-3-4-17(18(25)9-16)20(31)26-5-1-2-19(30)27-22-29-28-21(32-22)23-10-13-6-14(11-23)8-15(7-13)12-23/h3-4,9,13-15H,1-2,5-8,10-12H2,(H,26,31)(H,27,29,30). The Labute approximate surface area is 189 Å². The fourth-order valence-electron chi connectivity index (χ4n) is 6.26. The van der Waals surface area contributed by atoms with E-state index in [0.717, 1.165) is 34.9 Å². The zero-order valence-electron chi connectivity index (χ0n) is 17.7. The van der Waals surface area contributed by atoms with E-state index in [1.165, 1.54) is 49.9 Å². The lowest BCUT2D eigenvalue weighted by Crippen LogP contribution is -2.48. The van der Waals surface area contributed by atoms with E-state index in [2.05, 4.69) is 20.8 Å². The zero-order valence-corrected chi connectivity index (χ0v) is 18.5. The highest BCUT2D eigenvalue weighted by Crippen LogP contribution is 2.61. The van der Waals surface area contributed by atoms with Crippen molar-refractivity contribution in [1.82, 2.24) is 15.5 Å². The van der Waals surface area contributed by atoms with Crippen molar-refractivity contribution in [2.45, 2.75) is 56.8 Å². The van der Waals surface area contributed by atoms with Crippen molar-refractivity contribution in [3.05, 3.63) is 40.4 Å². The topological polar surface area (TPSA) is 84.0 Å². The molecule has 1 aromatic carbocycles. The van der Waals surface area contributed by atoms with Gasteiger partial charge in [-0.05, 0) is 74.8 Å². The van der Waals surface area contributed by atoms with E-state index in [-0.39, 0.29) is 29.9 Å². The Bertz CT molecular complexity index is 1010. The quantitative estimate of drug-likeness (QED) is 0.599. The summed E-state index contributed by atoms with van der Waals surface area (Å²) in [6.45, 7) is 0.206. The van der Waals surface area contributed by atoms with Crippen LogP contribution in [0, 0.1) is 29.4 Å². The molecule has 0 unspecified atom stereocenters. The summed E-state index contributed by atoms with van der Waals surface area (Å²) < 4.78 is 26.6. The Kier molecular flexibility index (Phi) is 5.69. The molecule has 32 heavy (non-hydrogen) atoms. The minimum absolute atomic E-state index is 0.162. The third-order valence-electron chi connectivity index (χ3n) is 7.21. The Balaban J connectivity index is 1.10. The van der Waals surface area contributed by atoms with Crippen LogP contribution in [0.1, 0.15) is 66.7 Å². The van der Waals surface area contributed by atoms with Crippen molar-refractivity contribution in [3.8, 4) is 0 Å². The van der Waals surface area contributed by atoms with Gasteiger partial charge >= 0.3 is 0 Å². The first-order valence-electron chi connectivity index (χ1n) is 11.3. The summed E-state index contributed by atoms with van der Waals surface area (Å²) in [5, 5.41) is 15.6. The van der Waals surface area contributed by atoms with Gasteiger partial charge in [-0.1, -0.05) is 11.3 Å². The van der Waals surface area contributed by atoms with Crippen LogP contribution < -0.4 is 10.6 Å². The number of carbonyl (C=O) groups is 2. The van der Waals surface area contributed by atoms with Gasteiger partial charge in [-0.25, -0.2) is 8.78 Å². The number of nitrogens with zero attached hydrogens (tertiary/aromatic N) is 2. The molecule has 0 aliphatic heterocycles. The Hall–Kier alpha value is -2.42. The first-order chi connectivity index (χ1) is 15.4. The first-order valence-corrected chi connectivity index (χ1v) is 12.1. The highest BCUT2D eigenvalue weighted by atomic mass is 32.1. The molecule has 1 aromatic heterocycles. The van der Waals surface area contributed by atoms with Gasteiger partial charge in [0, 0.05) is 24.4 Å². The molecule has 0 atom stereocenters. The maximum atomic E-state index is 13.6. The number of nitrogens with one attached hydrogen (secondary N) is 2. The number of carbonyl (C=O) groups excluding carboxylic acids is 2.